The Morgan fingerprint density at radius 2 is 1.74 bits per heavy atom. The lowest BCUT2D eigenvalue weighted by atomic mass is 9.98. The quantitative estimate of drug-likeness (QED) is 0.592. The molecular weight excluding hydrogens is 498 g/mol. The van der Waals surface area contributed by atoms with Crippen LogP contribution in [0.1, 0.15) is 32.1 Å². The molecule has 1 atom stereocenters. The second-order valence-electron chi connectivity index (χ2n) is 8.45. The highest BCUT2D eigenvalue weighted by atomic mass is 32.2. The average molecular weight is 528 g/mol. The predicted molar refractivity (Wildman–Crippen MR) is 130 cm³/mol. The third-order valence-electron chi connectivity index (χ3n) is 6.23. The molecule has 1 amide bonds. The maximum atomic E-state index is 13.1. The average Bonchev–Trinajstić information content (AvgIpc) is 3.41. The van der Waals surface area contributed by atoms with Gasteiger partial charge in [-0.25, -0.2) is 16.8 Å². The maximum Gasteiger partial charge on any atom is 0.252 e. The molecular formula is C22H29N3O6S3. The van der Waals surface area contributed by atoms with E-state index in [9.17, 15) is 21.6 Å². The fraction of sp³-hybridized carbons (Fsp3) is 0.500. The lowest BCUT2D eigenvalue weighted by molar-refractivity contribution is -0.120. The minimum absolute atomic E-state index is 0.0696. The molecule has 1 aromatic heterocycles. The summed E-state index contributed by atoms with van der Waals surface area (Å²) in [7, 11) is -5.89. The van der Waals surface area contributed by atoms with E-state index in [0.717, 1.165) is 30.6 Å². The summed E-state index contributed by atoms with van der Waals surface area (Å²) in [6.07, 6.45) is 3.76. The van der Waals surface area contributed by atoms with Crippen LogP contribution in [0, 0.1) is 5.92 Å². The highest BCUT2D eigenvalue weighted by molar-refractivity contribution is 7.91. The molecule has 34 heavy (non-hydrogen) atoms. The van der Waals surface area contributed by atoms with E-state index in [0.29, 0.717) is 38.2 Å². The van der Waals surface area contributed by atoms with Gasteiger partial charge in [-0.1, -0.05) is 12.5 Å². The van der Waals surface area contributed by atoms with Crippen molar-refractivity contribution in [2.24, 2.45) is 5.92 Å². The number of carbonyl (C=O) groups is 1. The summed E-state index contributed by atoms with van der Waals surface area (Å²) < 4.78 is 60.4. The van der Waals surface area contributed by atoms with Crippen molar-refractivity contribution in [2.45, 2.75) is 41.2 Å². The van der Waals surface area contributed by atoms with E-state index < -0.39 is 26.0 Å². The first kappa shape index (κ1) is 25.1. The van der Waals surface area contributed by atoms with Crippen molar-refractivity contribution in [3.63, 3.8) is 0 Å². The van der Waals surface area contributed by atoms with E-state index in [2.05, 4.69) is 5.32 Å². The summed E-state index contributed by atoms with van der Waals surface area (Å²) in [4.78, 5) is 13.2. The zero-order valence-electron chi connectivity index (χ0n) is 19.0. The number of anilines is 1. The number of carbonyl (C=O) groups excluding carboxylic acids is 1. The molecule has 0 unspecified atom stereocenters. The Balaban J connectivity index is 1.52. The van der Waals surface area contributed by atoms with Gasteiger partial charge in [0.1, 0.15) is 9.96 Å². The fourth-order valence-corrected chi connectivity index (χ4v) is 8.56. The molecule has 0 saturated carbocycles. The number of piperidine rings is 2. The standard InChI is InChI=1S/C22H29N3O6S3/c1-31-20-10-9-18(33(27,28)24-11-3-2-4-12-24)15-19(20)23-22(26)17-7-5-13-25(16-17)34(29,30)21-8-6-14-32-21/h6,8-10,14-15,17H,2-5,7,11-13,16H2,1H3,(H,23,26)/t17-/m1/s1. The monoisotopic (exact) mass is 527 g/mol. The second kappa shape index (κ2) is 10.3. The van der Waals surface area contributed by atoms with Gasteiger partial charge in [-0.2, -0.15) is 8.61 Å². The number of sulfonamides is 2. The van der Waals surface area contributed by atoms with Crippen LogP contribution in [-0.4, -0.2) is 64.6 Å². The first-order valence-corrected chi connectivity index (χ1v) is 15.0. The topological polar surface area (TPSA) is 113 Å². The lowest BCUT2D eigenvalue weighted by Crippen LogP contribution is -2.43. The normalized spacial score (nSPS) is 20.7. The van der Waals surface area contributed by atoms with Crippen LogP contribution in [0.5, 0.6) is 5.75 Å². The van der Waals surface area contributed by atoms with Crippen LogP contribution in [0.25, 0.3) is 0 Å². The summed E-state index contributed by atoms with van der Waals surface area (Å²) in [5, 5.41) is 4.49. The molecule has 0 radical (unpaired) electrons. The van der Waals surface area contributed by atoms with Crippen LogP contribution in [0.3, 0.4) is 0 Å². The summed E-state index contributed by atoms with van der Waals surface area (Å²) in [5.74, 6) is -0.586. The van der Waals surface area contributed by atoms with Gasteiger partial charge in [0.15, 0.2) is 0 Å². The van der Waals surface area contributed by atoms with Gasteiger partial charge >= 0.3 is 0 Å². The van der Waals surface area contributed by atoms with Crippen molar-refractivity contribution >= 4 is 43.0 Å². The SMILES string of the molecule is COc1ccc(S(=O)(=O)N2CCCCC2)cc1NC(=O)[C@@H]1CCCN(S(=O)(=O)c2cccs2)C1. The van der Waals surface area contributed by atoms with Crippen LogP contribution < -0.4 is 10.1 Å². The molecule has 2 aliphatic heterocycles. The highest BCUT2D eigenvalue weighted by Crippen LogP contribution is 2.32. The van der Waals surface area contributed by atoms with Gasteiger partial charge in [-0.15, -0.1) is 11.3 Å². The Morgan fingerprint density at radius 3 is 2.41 bits per heavy atom. The van der Waals surface area contributed by atoms with Crippen molar-refractivity contribution < 1.29 is 26.4 Å². The smallest absolute Gasteiger partial charge is 0.252 e. The van der Waals surface area contributed by atoms with Crippen molar-refractivity contribution in [3.8, 4) is 5.75 Å². The number of ether oxygens (including phenoxy) is 1. The zero-order valence-corrected chi connectivity index (χ0v) is 21.4. The molecule has 2 aromatic rings. The number of amides is 1. The van der Waals surface area contributed by atoms with E-state index in [-0.39, 0.29) is 27.2 Å². The third kappa shape index (κ3) is 5.15. The van der Waals surface area contributed by atoms with E-state index in [4.69, 9.17) is 4.74 Å². The first-order valence-electron chi connectivity index (χ1n) is 11.3. The summed E-state index contributed by atoms with van der Waals surface area (Å²) in [6.45, 7) is 1.39. The molecule has 2 aliphatic rings. The summed E-state index contributed by atoms with van der Waals surface area (Å²) in [6, 6.07) is 7.67. The molecule has 9 nitrogen and oxygen atoms in total. The van der Waals surface area contributed by atoms with Crippen molar-refractivity contribution in [2.75, 3.05) is 38.6 Å². The minimum Gasteiger partial charge on any atom is -0.495 e. The van der Waals surface area contributed by atoms with Crippen LogP contribution >= 0.6 is 11.3 Å². The number of benzene rings is 1. The van der Waals surface area contributed by atoms with Gasteiger partial charge in [0.25, 0.3) is 10.0 Å². The number of thiophene rings is 1. The largest absolute Gasteiger partial charge is 0.495 e. The Bertz CT molecular complexity index is 1220. The fourth-order valence-electron chi connectivity index (χ4n) is 4.35. The molecule has 4 rings (SSSR count). The summed E-state index contributed by atoms with van der Waals surface area (Å²) in [5.41, 5.74) is 0.254. The van der Waals surface area contributed by atoms with Gasteiger partial charge in [0.2, 0.25) is 15.9 Å². The predicted octanol–water partition coefficient (Wildman–Crippen LogP) is 2.97. The van der Waals surface area contributed by atoms with E-state index >= 15 is 0 Å². The third-order valence-corrected chi connectivity index (χ3v) is 11.4. The Hall–Kier alpha value is -1.99. The van der Waals surface area contributed by atoms with Crippen LogP contribution in [-0.2, 0) is 24.8 Å². The minimum atomic E-state index is -3.68. The van der Waals surface area contributed by atoms with Crippen LogP contribution in [0.15, 0.2) is 44.8 Å². The van der Waals surface area contributed by atoms with Gasteiger partial charge in [-0.05, 0) is 55.3 Å². The number of nitrogens with one attached hydrogen (secondary N) is 1. The van der Waals surface area contributed by atoms with Crippen molar-refractivity contribution in [1.29, 1.82) is 0 Å². The molecule has 12 heteroatoms. The lowest BCUT2D eigenvalue weighted by Gasteiger charge is -2.31. The van der Waals surface area contributed by atoms with Crippen LogP contribution in [0.4, 0.5) is 5.69 Å². The van der Waals surface area contributed by atoms with Gasteiger partial charge in [0.05, 0.1) is 23.6 Å². The van der Waals surface area contributed by atoms with Gasteiger partial charge in [-0.3, -0.25) is 4.79 Å². The maximum absolute atomic E-state index is 13.1. The molecule has 3 heterocycles. The number of hydrogen-bond donors (Lipinski definition) is 1. The second-order valence-corrected chi connectivity index (χ2v) is 13.5. The molecule has 1 N–H and O–H groups in total. The number of methoxy groups -OCH3 is 1. The van der Waals surface area contributed by atoms with Gasteiger partial charge < -0.3 is 10.1 Å². The molecule has 0 aliphatic carbocycles. The van der Waals surface area contributed by atoms with Crippen molar-refractivity contribution in [1.82, 2.24) is 8.61 Å². The van der Waals surface area contributed by atoms with E-state index in [1.54, 1.807) is 17.5 Å². The molecule has 0 bridgehead atoms. The van der Waals surface area contributed by atoms with Crippen molar-refractivity contribution in [3.05, 3.63) is 35.7 Å². The van der Waals surface area contributed by atoms with E-state index in [1.807, 2.05) is 0 Å². The Kier molecular flexibility index (Phi) is 7.63. The number of nitrogens with zero attached hydrogens (tertiary/aromatic N) is 2. The Morgan fingerprint density at radius 1 is 1.00 bits per heavy atom. The highest BCUT2D eigenvalue weighted by Gasteiger charge is 2.34. The molecule has 2 saturated heterocycles. The molecule has 0 spiro atoms. The van der Waals surface area contributed by atoms with E-state index in [1.165, 1.54) is 33.9 Å². The Labute approximate surface area is 204 Å². The van der Waals surface area contributed by atoms with Crippen LogP contribution in [0.2, 0.25) is 0 Å². The first-order chi connectivity index (χ1) is 16.2. The number of rotatable bonds is 7. The van der Waals surface area contributed by atoms with Gasteiger partial charge in [0, 0.05) is 26.2 Å². The molecule has 1 aromatic carbocycles. The summed E-state index contributed by atoms with van der Waals surface area (Å²) >= 11 is 1.15. The molecule has 2 fully saturated rings. The number of hydrogen-bond acceptors (Lipinski definition) is 7. The molecule has 186 valence electrons. The zero-order chi connectivity index (χ0) is 24.3.